The number of thiazole rings is 1. The predicted molar refractivity (Wildman–Crippen MR) is 133 cm³/mol. The van der Waals surface area contributed by atoms with Gasteiger partial charge in [-0.1, -0.05) is 30.3 Å². The van der Waals surface area contributed by atoms with E-state index in [-0.39, 0.29) is 49.4 Å². The van der Waals surface area contributed by atoms with Crippen molar-refractivity contribution in [2.45, 2.75) is 25.8 Å². The van der Waals surface area contributed by atoms with Crippen LogP contribution in [0.2, 0.25) is 0 Å². The minimum Gasteiger partial charge on any atom is -0.383 e. The number of nitrogens with zero attached hydrogens (tertiary/aromatic N) is 3. The Hall–Kier alpha value is -3.77. The molecule has 35 heavy (non-hydrogen) atoms. The first kappa shape index (κ1) is 24.4. The van der Waals surface area contributed by atoms with E-state index < -0.39 is 17.2 Å². The molecular weight excluding hydrogens is 472 g/mol. The summed E-state index contributed by atoms with van der Waals surface area (Å²) in [6.07, 6.45) is 1.62. The molecule has 0 atom stereocenters. The van der Waals surface area contributed by atoms with Gasteiger partial charge in [0, 0.05) is 25.0 Å². The van der Waals surface area contributed by atoms with Crippen LogP contribution in [0.15, 0.2) is 45.3 Å². The standard InChI is InChI=1S/C23H26N6O5S/c1-34-10-9-28(17(30)11-16-13-35-22(25-16)26-20(31)15-7-8-15)18-19(24)29(23(33)27-21(18)32)12-14-5-3-2-4-6-14/h2-6,13,15H,7-12,24H2,1H3,(H,25,26,31)(H,27,32,33). The van der Waals surface area contributed by atoms with Crippen LogP contribution in [0.25, 0.3) is 0 Å². The van der Waals surface area contributed by atoms with Crippen molar-refractivity contribution in [1.82, 2.24) is 14.5 Å². The van der Waals surface area contributed by atoms with Crippen LogP contribution in [0.3, 0.4) is 0 Å². The van der Waals surface area contributed by atoms with E-state index >= 15 is 0 Å². The number of hydrogen-bond donors (Lipinski definition) is 3. The second-order valence-electron chi connectivity index (χ2n) is 8.19. The number of H-pyrrole nitrogens is 1. The van der Waals surface area contributed by atoms with Gasteiger partial charge in [0.25, 0.3) is 5.56 Å². The molecule has 2 aromatic heterocycles. The minimum atomic E-state index is -0.767. The van der Waals surface area contributed by atoms with Gasteiger partial charge in [-0.2, -0.15) is 0 Å². The SMILES string of the molecule is COCCN(C(=O)Cc1csc(NC(=O)C2CC2)n1)c1c(N)n(Cc2ccccc2)c(=O)[nH]c1=O. The number of hydrogen-bond acceptors (Lipinski definition) is 8. The number of amides is 2. The second kappa shape index (κ2) is 10.7. The molecule has 1 aromatic carbocycles. The van der Waals surface area contributed by atoms with Gasteiger partial charge in [0.15, 0.2) is 10.8 Å². The fourth-order valence-corrected chi connectivity index (χ4v) is 4.27. The molecule has 0 radical (unpaired) electrons. The Labute approximate surface area is 204 Å². The number of ether oxygens (including phenoxy) is 1. The van der Waals surface area contributed by atoms with E-state index in [0.29, 0.717) is 10.8 Å². The molecule has 11 nitrogen and oxygen atoms in total. The van der Waals surface area contributed by atoms with E-state index in [1.54, 1.807) is 5.38 Å². The van der Waals surface area contributed by atoms with Crippen molar-refractivity contribution in [2.75, 3.05) is 36.2 Å². The highest BCUT2D eigenvalue weighted by atomic mass is 32.1. The highest BCUT2D eigenvalue weighted by Gasteiger charge is 2.30. The average Bonchev–Trinajstić information content (AvgIpc) is 3.60. The normalized spacial score (nSPS) is 12.9. The molecule has 1 saturated carbocycles. The van der Waals surface area contributed by atoms with Gasteiger partial charge in [0.1, 0.15) is 5.82 Å². The van der Waals surface area contributed by atoms with Crippen LogP contribution in [0.5, 0.6) is 0 Å². The Morgan fingerprint density at radius 1 is 1.29 bits per heavy atom. The fraction of sp³-hybridized carbons (Fsp3) is 0.348. The van der Waals surface area contributed by atoms with Gasteiger partial charge < -0.3 is 20.7 Å². The summed E-state index contributed by atoms with van der Waals surface area (Å²) < 4.78 is 6.34. The predicted octanol–water partition coefficient (Wildman–Crippen LogP) is 1.19. The second-order valence-corrected chi connectivity index (χ2v) is 9.05. The lowest BCUT2D eigenvalue weighted by Crippen LogP contribution is -2.43. The number of nitrogen functional groups attached to an aromatic ring is 1. The number of rotatable bonds is 10. The smallest absolute Gasteiger partial charge is 0.330 e. The quantitative estimate of drug-likeness (QED) is 0.380. The maximum absolute atomic E-state index is 13.3. The van der Waals surface area contributed by atoms with Crippen molar-refractivity contribution < 1.29 is 14.3 Å². The maximum atomic E-state index is 13.3. The van der Waals surface area contributed by atoms with Gasteiger partial charge in [-0.15, -0.1) is 11.3 Å². The number of anilines is 3. The molecule has 1 aliphatic rings. The van der Waals surface area contributed by atoms with Crippen LogP contribution in [0.1, 0.15) is 24.1 Å². The largest absolute Gasteiger partial charge is 0.383 e. The van der Waals surface area contributed by atoms with E-state index in [1.165, 1.54) is 27.9 Å². The van der Waals surface area contributed by atoms with Crippen molar-refractivity contribution in [3.8, 4) is 0 Å². The number of aromatic amines is 1. The third kappa shape index (κ3) is 5.84. The van der Waals surface area contributed by atoms with E-state index in [4.69, 9.17) is 10.5 Å². The third-order valence-electron chi connectivity index (χ3n) is 5.55. The monoisotopic (exact) mass is 498 g/mol. The van der Waals surface area contributed by atoms with Gasteiger partial charge >= 0.3 is 5.69 Å². The van der Waals surface area contributed by atoms with Crippen molar-refractivity contribution in [3.05, 3.63) is 67.8 Å². The van der Waals surface area contributed by atoms with Crippen LogP contribution < -0.4 is 27.2 Å². The first-order valence-corrected chi connectivity index (χ1v) is 12.0. The molecule has 3 aromatic rings. The Morgan fingerprint density at radius 2 is 2.03 bits per heavy atom. The van der Waals surface area contributed by atoms with Crippen molar-refractivity contribution in [2.24, 2.45) is 5.92 Å². The van der Waals surface area contributed by atoms with Gasteiger partial charge in [0.05, 0.1) is 25.3 Å². The van der Waals surface area contributed by atoms with Crippen LogP contribution in [0, 0.1) is 5.92 Å². The highest BCUT2D eigenvalue weighted by molar-refractivity contribution is 7.13. The average molecular weight is 499 g/mol. The summed E-state index contributed by atoms with van der Waals surface area (Å²) in [5.74, 6) is -0.606. The Bertz CT molecular complexity index is 1330. The lowest BCUT2D eigenvalue weighted by Gasteiger charge is -2.24. The summed E-state index contributed by atoms with van der Waals surface area (Å²) in [4.78, 5) is 58.3. The summed E-state index contributed by atoms with van der Waals surface area (Å²) in [6, 6.07) is 9.15. The van der Waals surface area contributed by atoms with Crippen LogP contribution >= 0.6 is 11.3 Å². The number of nitrogens with two attached hydrogens (primary N) is 1. The zero-order chi connectivity index (χ0) is 24.9. The molecule has 0 spiro atoms. The number of aromatic nitrogens is 3. The molecule has 4 N–H and O–H groups in total. The Kier molecular flexibility index (Phi) is 7.42. The number of methoxy groups -OCH3 is 1. The van der Waals surface area contributed by atoms with Crippen LogP contribution in [-0.4, -0.2) is 46.6 Å². The molecule has 1 fully saturated rings. The van der Waals surface area contributed by atoms with Crippen LogP contribution in [-0.2, 0) is 27.3 Å². The summed E-state index contributed by atoms with van der Waals surface area (Å²) >= 11 is 1.23. The Balaban J connectivity index is 1.60. The van der Waals surface area contributed by atoms with E-state index in [9.17, 15) is 19.2 Å². The number of carbonyl (C=O) groups is 2. The van der Waals surface area contributed by atoms with Crippen molar-refractivity contribution in [1.29, 1.82) is 0 Å². The Morgan fingerprint density at radius 3 is 2.71 bits per heavy atom. The number of benzene rings is 1. The van der Waals surface area contributed by atoms with Crippen LogP contribution in [0.4, 0.5) is 16.6 Å². The molecule has 184 valence electrons. The van der Waals surface area contributed by atoms with E-state index in [1.807, 2.05) is 30.3 Å². The number of carbonyl (C=O) groups excluding carboxylic acids is 2. The third-order valence-corrected chi connectivity index (χ3v) is 6.36. The first-order chi connectivity index (χ1) is 16.9. The summed E-state index contributed by atoms with van der Waals surface area (Å²) in [5.41, 5.74) is 5.96. The first-order valence-electron chi connectivity index (χ1n) is 11.1. The van der Waals surface area contributed by atoms with Gasteiger partial charge in [-0.3, -0.25) is 23.9 Å². The number of nitrogens with one attached hydrogen (secondary N) is 2. The molecule has 2 amide bonds. The van der Waals surface area contributed by atoms with E-state index in [2.05, 4.69) is 15.3 Å². The molecule has 0 bridgehead atoms. The van der Waals surface area contributed by atoms with Crippen molar-refractivity contribution in [3.63, 3.8) is 0 Å². The highest BCUT2D eigenvalue weighted by Crippen LogP contribution is 2.30. The molecule has 2 heterocycles. The molecule has 0 aliphatic heterocycles. The lowest BCUT2D eigenvalue weighted by atomic mass is 10.2. The maximum Gasteiger partial charge on any atom is 0.330 e. The fourth-order valence-electron chi connectivity index (χ4n) is 3.55. The van der Waals surface area contributed by atoms with Gasteiger partial charge in [-0.25, -0.2) is 9.78 Å². The summed E-state index contributed by atoms with van der Waals surface area (Å²) in [5, 5.41) is 4.86. The molecule has 1 aliphatic carbocycles. The minimum absolute atomic E-state index is 0.0368. The molecule has 0 unspecified atom stereocenters. The zero-order valence-electron chi connectivity index (χ0n) is 19.2. The van der Waals surface area contributed by atoms with E-state index in [0.717, 1.165) is 18.4 Å². The molecule has 4 rings (SSSR count). The van der Waals surface area contributed by atoms with Crippen molar-refractivity contribution >= 4 is 39.8 Å². The molecule has 0 saturated heterocycles. The zero-order valence-corrected chi connectivity index (χ0v) is 20.0. The summed E-state index contributed by atoms with van der Waals surface area (Å²) in [6.45, 7) is 0.307. The summed E-state index contributed by atoms with van der Waals surface area (Å²) in [7, 11) is 1.47. The van der Waals surface area contributed by atoms with Gasteiger partial charge in [-0.05, 0) is 18.4 Å². The molecular formula is C23H26N6O5S. The van der Waals surface area contributed by atoms with Gasteiger partial charge in [0.2, 0.25) is 11.8 Å². The topological polar surface area (TPSA) is 152 Å². The molecule has 12 heteroatoms. The lowest BCUT2D eigenvalue weighted by molar-refractivity contribution is -0.118.